The zero-order valence-electron chi connectivity index (χ0n) is 13.8. The molecule has 2 aromatic carbocycles. The molecule has 0 saturated carbocycles. The molecule has 0 radical (unpaired) electrons. The highest BCUT2D eigenvalue weighted by atomic mass is 16.6. The van der Waals surface area contributed by atoms with Gasteiger partial charge >= 0.3 is 5.97 Å². The SMILES string of the molecule is CCOCC(=O)O[C@H](C)C(=O)Nc1ccccc1-c1ccccc1. The van der Waals surface area contributed by atoms with Crippen LogP contribution in [0.5, 0.6) is 0 Å². The van der Waals surface area contributed by atoms with Gasteiger partial charge in [-0.15, -0.1) is 0 Å². The molecule has 1 atom stereocenters. The molecular formula is C19H21NO4. The monoisotopic (exact) mass is 327 g/mol. The average Bonchev–Trinajstić information content (AvgIpc) is 2.61. The number of carbonyl (C=O) groups is 2. The topological polar surface area (TPSA) is 64.6 Å². The molecule has 126 valence electrons. The fourth-order valence-electron chi connectivity index (χ4n) is 2.17. The lowest BCUT2D eigenvalue weighted by molar-refractivity contribution is -0.157. The van der Waals surface area contributed by atoms with E-state index in [0.717, 1.165) is 11.1 Å². The summed E-state index contributed by atoms with van der Waals surface area (Å²) in [7, 11) is 0. The van der Waals surface area contributed by atoms with Gasteiger partial charge in [-0.05, 0) is 25.5 Å². The first-order chi connectivity index (χ1) is 11.6. The van der Waals surface area contributed by atoms with Crippen LogP contribution in [0.4, 0.5) is 5.69 Å². The van der Waals surface area contributed by atoms with E-state index in [0.29, 0.717) is 12.3 Å². The van der Waals surface area contributed by atoms with Crippen LogP contribution in [0.25, 0.3) is 11.1 Å². The van der Waals surface area contributed by atoms with Crippen LogP contribution in [0.15, 0.2) is 54.6 Å². The normalized spacial score (nSPS) is 11.6. The predicted molar refractivity (Wildman–Crippen MR) is 92.6 cm³/mol. The summed E-state index contributed by atoms with van der Waals surface area (Å²) >= 11 is 0. The van der Waals surface area contributed by atoms with Crippen LogP contribution in [0.2, 0.25) is 0 Å². The Labute approximate surface area is 141 Å². The lowest BCUT2D eigenvalue weighted by atomic mass is 10.0. The molecule has 0 aliphatic rings. The van der Waals surface area contributed by atoms with Crippen molar-refractivity contribution in [1.29, 1.82) is 0 Å². The molecule has 0 aromatic heterocycles. The van der Waals surface area contributed by atoms with Crippen molar-refractivity contribution in [3.63, 3.8) is 0 Å². The molecule has 0 unspecified atom stereocenters. The first-order valence-corrected chi connectivity index (χ1v) is 7.84. The summed E-state index contributed by atoms with van der Waals surface area (Å²) < 4.78 is 10.0. The summed E-state index contributed by atoms with van der Waals surface area (Å²) in [4.78, 5) is 23.8. The van der Waals surface area contributed by atoms with E-state index in [4.69, 9.17) is 9.47 Å². The summed E-state index contributed by atoms with van der Waals surface area (Å²) in [6, 6.07) is 17.2. The van der Waals surface area contributed by atoms with Crippen molar-refractivity contribution in [2.24, 2.45) is 0 Å². The number of anilines is 1. The van der Waals surface area contributed by atoms with Crippen LogP contribution in [0.1, 0.15) is 13.8 Å². The van der Waals surface area contributed by atoms with Crippen molar-refractivity contribution in [3.8, 4) is 11.1 Å². The molecule has 24 heavy (non-hydrogen) atoms. The van der Waals surface area contributed by atoms with Gasteiger partial charge in [0, 0.05) is 17.9 Å². The minimum Gasteiger partial charge on any atom is -0.451 e. The van der Waals surface area contributed by atoms with Crippen molar-refractivity contribution < 1.29 is 19.1 Å². The number of nitrogens with one attached hydrogen (secondary N) is 1. The lowest BCUT2D eigenvalue weighted by Crippen LogP contribution is -2.31. The number of benzene rings is 2. The Kier molecular flexibility index (Phi) is 6.51. The van der Waals surface area contributed by atoms with Gasteiger partial charge in [-0.25, -0.2) is 4.79 Å². The molecule has 2 rings (SSSR count). The second kappa shape index (κ2) is 8.84. The maximum absolute atomic E-state index is 12.3. The molecule has 5 heteroatoms. The molecule has 0 aliphatic carbocycles. The third-order valence-corrected chi connectivity index (χ3v) is 3.37. The van der Waals surface area contributed by atoms with Gasteiger partial charge in [0.1, 0.15) is 6.61 Å². The third kappa shape index (κ3) is 4.93. The minimum atomic E-state index is -0.901. The highest BCUT2D eigenvalue weighted by molar-refractivity contribution is 5.98. The van der Waals surface area contributed by atoms with E-state index in [1.54, 1.807) is 6.92 Å². The number of amides is 1. The fraction of sp³-hybridized carbons (Fsp3) is 0.263. The molecule has 2 aromatic rings. The lowest BCUT2D eigenvalue weighted by Gasteiger charge is -2.15. The Morgan fingerprint density at radius 3 is 2.42 bits per heavy atom. The molecule has 1 amide bonds. The predicted octanol–water partition coefficient (Wildman–Crippen LogP) is 3.26. The van der Waals surface area contributed by atoms with E-state index in [1.807, 2.05) is 54.6 Å². The van der Waals surface area contributed by atoms with Gasteiger partial charge in [-0.2, -0.15) is 0 Å². The van der Waals surface area contributed by atoms with Crippen LogP contribution < -0.4 is 5.32 Å². The standard InChI is InChI=1S/C19H21NO4/c1-3-23-13-18(21)24-14(2)19(22)20-17-12-8-7-11-16(17)15-9-5-4-6-10-15/h4-12,14H,3,13H2,1-2H3,(H,20,22)/t14-/m1/s1. The van der Waals surface area contributed by atoms with Crippen molar-refractivity contribution in [1.82, 2.24) is 0 Å². The molecule has 0 heterocycles. The molecular weight excluding hydrogens is 306 g/mol. The van der Waals surface area contributed by atoms with Crippen LogP contribution >= 0.6 is 0 Å². The number of ether oxygens (including phenoxy) is 2. The number of esters is 1. The van der Waals surface area contributed by atoms with Crippen LogP contribution in [0, 0.1) is 0 Å². The van der Waals surface area contributed by atoms with E-state index < -0.39 is 12.1 Å². The van der Waals surface area contributed by atoms with Gasteiger partial charge in [0.05, 0.1) is 0 Å². The Hall–Kier alpha value is -2.66. The van der Waals surface area contributed by atoms with Crippen LogP contribution in [-0.4, -0.2) is 31.2 Å². The van der Waals surface area contributed by atoms with Crippen LogP contribution in [-0.2, 0) is 19.1 Å². The Balaban J connectivity index is 2.06. The van der Waals surface area contributed by atoms with Crippen molar-refractivity contribution >= 4 is 17.6 Å². The summed E-state index contributed by atoms with van der Waals surface area (Å²) in [6.45, 7) is 3.57. The molecule has 0 spiro atoms. The summed E-state index contributed by atoms with van der Waals surface area (Å²) in [5.74, 6) is -0.945. The molecule has 0 fully saturated rings. The molecule has 0 bridgehead atoms. The third-order valence-electron chi connectivity index (χ3n) is 3.37. The molecule has 5 nitrogen and oxygen atoms in total. The van der Waals surface area contributed by atoms with Gasteiger partial charge in [0.15, 0.2) is 6.10 Å². The Bertz CT molecular complexity index is 685. The van der Waals surface area contributed by atoms with Gasteiger partial charge in [-0.3, -0.25) is 4.79 Å². The first-order valence-electron chi connectivity index (χ1n) is 7.84. The highest BCUT2D eigenvalue weighted by Crippen LogP contribution is 2.27. The van der Waals surface area contributed by atoms with E-state index in [1.165, 1.54) is 6.92 Å². The number of rotatable bonds is 7. The number of hydrogen-bond donors (Lipinski definition) is 1. The molecule has 1 N–H and O–H groups in total. The minimum absolute atomic E-state index is 0.158. The van der Waals surface area contributed by atoms with E-state index >= 15 is 0 Å². The highest BCUT2D eigenvalue weighted by Gasteiger charge is 2.19. The van der Waals surface area contributed by atoms with E-state index in [-0.39, 0.29) is 12.5 Å². The van der Waals surface area contributed by atoms with Crippen LogP contribution in [0.3, 0.4) is 0 Å². The van der Waals surface area contributed by atoms with Crippen molar-refractivity contribution in [2.75, 3.05) is 18.5 Å². The smallest absolute Gasteiger partial charge is 0.332 e. The van der Waals surface area contributed by atoms with Gasteiger partial charge in [0.25, 0.3) is 5.91 Å². The maximum atomic E-state index is 12.3. The van der Waals surface area contributed by atoms with Crippen molar-refractivity contribution in [2.45, 2.75) is 20.0 Å². The zero-order valence-corrected chi connectivity index (χ0v) is 13.8. The summed E-state index contributed by atoms with van der Waals surface area (Å²) in [6.07, 6.45) is -0.901. The quantitative estimate of drug-likeness (QED) is 0.793. The second-order valence-corrected chi connectivity index (χ2v) is 5.17. The largest absolute Gasteiger partial charge is 0.451 e. The summed E-state index contributed by atoms with van der Waals surface area (Å²) in [5.41, 5.74) is 2.56. The second-order valence-electron chi connectivity index (χ2n) is 5.17. The van der Waals surface area contributed by atoms with Crippen molar-refractivity contribution in [3.05, 3.63) is 54.6 Å². The number of para-hydroxylation sites is 1. The fourth-order valence-corrected chi connectivity index (χ4v) is 2.17. The van der Waals surface area contributed by atoms with Gasteiger partial charge < -0.3 is 14.8 Å². The number of hydrogen-bond acceptors (Lipinski definition) is 4. The van der Waals surface area contributed by atoms with Gasteiger partial charge in [-0.1, -0.05) is 48.5 Å². The number of carbonyl (C=O) groups excluding carboxylic acids is 2. The maximum Gasteiger partial charge on any atom is 0.332 e. The van der Waals surface area contributed by atoms with E-state index in [9.17, 15) is 9.59 Å². The average molecular weight is 327 g/mol. The molecule has 0 aliphatic heterocycles. The first kappa shape index (κ1) is 17.7. The zero-order chi connectivity index (χ0) is 17.4. The molecule has 0 saturated heterocycles. The Morgan fingerprint density at radius 1 is 1.04 bits per heavy atom. The van der Waals surface area contributed by atoms with Gasteiger partial charge in [0.2, 0.25) is 0 Å². The Morgan fingerprint density at radius 2 is 1.71 bits per heavy atom. The van der Waals surface area contributed by atoms with E-state index in [2.05, 4.69) is 5.32 Å². The summed E-state index contributed by atoms with van der Waals surface area (Å²) in [5, 5.41) is 2.81.